The van der Waals surface area contributed by atoms with Crippen molar-refractivity contribution in [2.24, 2.45) is 0 Å². The summed E-state index contributed by atoms with van der Waals surface area (Å²) < 4.78 is 6.46. The molecule has 0 radical (unpaired) electrons. The number of hydrogen-bond acceptors (Lipinski definition) is 2. The SMILES string of the molecule is C[N+](C)(C)c1cccc2c1OC(C=O)CC2. The molecule has 0 fully saturated rings. The molecular formula is C13H18NO2+. The van der Waals surface area contributed by atoms with Crippen molar-refractivity contribution in [1.82, 2.24) is 4.48 Å². The molecule has 0 saturated carbocycles. The highest BCUT2D eigenvalue weighted by atomic mass is 16.5. The summed E-state index contributed by atoms with van der Waals surface area (Å²) in [4.78, 5) is 10.8. The molecule has 1 aromatic rings. The molecular weight excluding hydrogens is 202 g/mol. The van der Waals surface area contributed by atoms with E-state index in [1.54, 1.807) is 0 Å². The maximum Gasteiger partial charge on any atom is 0.184 e. The Morgan fingerprint density at radius 2 is 2.12 bits per heavy atom. The molecule has 1 aliphatic rings. The zero-order valence-corrected chi connectivity index (χ0v) is 10.1. The number of rotatable bonds is 2. The zero-order valence-electron chi connectivity index (χ0n) is 10.1. The molecule has 16 heavy (non-hydrogen) atoms. The first kappa shape index (κ1) is 11.1. The normalized spacial score (nSPS) is 19.8. The standard InChI is InChI=1S/C13H18NO2/c1-14(2,3)12-6-4-5-10-7-8-11(9-15)16-13(10)12/h4-6,9,11H,7-8H2,1-3H3/q+1. The lowest BCUT2D eigenvalue weighted by atomic mass is 10.0. The Morgan fingerprint density at radius 3 is 2.75 bits per heavy atom. The molecule has 0 aromatic heterocycles. The third-order valence-corrected chi connectivity index (χ3v) is 2.92. The zero-order chi connectivity index (χ0) is 11.8. The predicted octanol–water partition coefficient (Wildman–Crippen LogP) is 1.78. The van der Waals surface area contributed by atoms with E-state index in [0.29, 0.717) is 4.48 Å². The van der Waals surface area contributed by atoms with Crippen molar-refractivity contribution in [3.05, 3.63) is 23.8 Å². The second-order valence-electron chi connectivity index (χ2n) is 5.11. The van der Waals surface area contributed by atoms with Gasteiger partial charge in [-0.15, -0.1) is 0 Å². The topological polar surface area (TPSA) is 26.3 Å². The van der Waals surface area contributed by atoms with Crippen LogP contribution in [0.5, 0.6) is 5.75 Å². The lowest BCUT2D eigenvalue weighted by molar-refractivity contribution is -0.114. The summed E-state index contributed by atoms with van der Waals surface area (Å²) in [6.07, 6.45) is 2.33. The van der Waals surface area contributed by atoms with E-state index in [1.165, 1.54) is 5.56 Å². The molecule has 3 nitrogen and oxygen atoms in total. The molecule has 3 heteroatoms. The van der Waals surface area contributed by atoms with Gasteiger partial charge in [-0.05, 0) is 12.8 Å². The maximum atomic E-state index is 10.8. The minimum absolute atomic E-state index is 0.278. The van der Waals surface area contributed by atoms with Crippen LogP contribution in [0.2, 0.25) is 0 Å². The Kier molecular flexibility index (Phi) is 2.72. The molecule has 2 rings (SSSR count). The van der Waals surface area contributed by atoms with E-state index >= 15 is 0 Å². The number of fused-ring (bicyclic) bond motifs is 1. The summed E-state index contributed by atoms with van der Waals surface area (Å²) in [5.41, 5.74) is 2.34. The monoisotopic (exact) mass is 220 g/mol. The summed E-state index contributed by atoms with van der Waals surface area (Å²) in [6, 6.07) is 6.20. The highest BCUT2D eigenvalue weighted by Crippen LogP contribution is 2.37. The lowest BCUT2D eigenvalue weighted by Crippen LogP contribution is -2.36. The van der Waals surface area contributed by atoms with Crippen molar-refractivity contribution in [2.75, 3.05) is 21.1 Å². The summed E-state index contributed by atoms with van der Waals surface area (Å²) in [5, 5.41) is 0. The number of aldehydes is 1. The number of carbonyl (C=O) groups is 1. The van der Waals surface area contributed by atoms with Gasteiger partial charge in [-0.25, -0.2) is 0 Å². The average molecular weight is 220 g/mol. The number of para-hydroxylation sites is 1. The molecule has 1 unspecified atom stereocenters. The number of carbonyl (C=O) groups excluding carboxylic acids is 1. The molecule has 0 N–H and O–H groups in total. The Bertz CT molecular complexity index is 407. The van der Waals surface area contributed by atoms with Crippen LogP contribution in [0.1, 0.15) is 12.0 Å². The number of ether oxygens (including phenoxy) is 1. The third kappa shape index (κ3) is 1.95. The first-order valence-electron chi connectivity index (χ1n) is 5.58. The van der Waals surface area contributed by atoms with Crippen LogP contribution in [0.4, 0.5) is 5.69 Å². The van der Waals surface area contributed by atoms with E-state index in [-0.39, 0.29) is 6.10 Å². The predicted molar refractivity (Wildman–Crippen MR) is 64.8 cm³/mol. The number of nitrogens with zero attached hydrogens (tertiary/aromatic N) is 1. The van der Waals surface area contributed by atoms with Crippen molar-refractivity contribution in [3.63, 3.8) is 0 Å². The van der Waals surface area contributed by atoms with Crippen molar-refractivity contribution in [3.8, 4) is 5.75 Å². The summed E-state index contributed by atoms with van der Waals surface area (Å²) >= 11 is 0. The van der Waals surface area contributed by atoms with Gasteiger partial charge in [0, 0.05) is 11.6 Å². The third-order valence-electron chi connectivity index (χ3n) is 2.92. The molecule has 1 aliphatic heterocycles. The van der Waals surface area contributed by atoms with Crippen LogP contribution in [0, 0.1) is 0 Å². The summed E-state index contributed by atoms with van der Waals surface area (Å²) in [6.45, 7) is 0. The van der Waals surface area contributed by atoms with Crippen LogP contribution in [0.3, 0.4) is 0 Å². The van der Waals surface area contributed by atoms with Gasteiger partial charge in [0.1, 0.15) is 0 Å². The van der Waals surface area contributed by atoms with Gasteiger partial charge >= 0.3 is 0 Å². The molecule has 0 saturated heterocycles. The van der Waals surface area contributed by atoms with Crippen LogP contribution in [-0.2, 0) is 11.2 Å². The van der Waals surface area contributed by atoms with Gasteiger partial charge in [0.15, 0.2) is 23.8 Å². The quantitative estimate of drug-likeness (QED) is 0.561. The fourth-order valence-corrected chi connectivity index (χ4v) is 2.04. The largest absolute Gasteiger partial charge is 0.476 e. The summed E-state index contributed by atoms with van der Waals surface area (Å²) in [7, 11) is 6.30. The number of benzene rings is 1. The summed E-state index contributed by atoms with van der Waals surface area (Å²) in [5.74, 6) is 0.901. The smallest absolute Gasteiger partial charge is 0.184 e. The van der Waals surface area contributed by atoms with Crippen LogP contribution >= 0.6 is 0 Å². The van der Waals surface area contributed by atoms with Gasteiger partial charge in [0.25, 0.3) is 0 Å². The van der Waals surface area contributed by atoms with E-state index in [4.69, 9.17) is 4.74 Å². The lowest BCUT2D eigenvalue weighted by Gasteiger charge is -2.30. The van der Waals surface area contributed by atoms with Gasteiger partial charge in [0.2, 0.25) is 0 Å². The first-order valence-corrected chi connectivity index (χ1v) is 5.58. The Hall–Kier alpha value is -1.35. The van der Waals surface area contributed by atoms with Crippen molar-refractivity contribution < 1.29 is 9.53 Å². The highest BCUT2D eigenvalue weighted by molar-refractivity contribution is 5.64. The van der Waals surface area contributed by atoms with Gasteiger partial charge in [-0.2, -0.15) is 0 Å². The fraction of sp³-hybridized carbons (Fsp3) is 0.462. The molecule has 1 heterocycles. The van der Waals surface area contributed by atoms with E-state index in [0.717, 1.165) is 30.6 Å². The van der Waals surface area contributed by atoms with E-state index in [9.17, 15) is 4.79 Å². The van der Waals surface area contributed by atoms with Crippen molar-refractivity contribution in [1.29, 1.82) is 0 Å². The second-order valence-corrected chi connectivity index (χ2v) is 5.11. The molecule has 0 spiro atoms. The van der Waals surface area contributed by atoms with Gasteiger partial charge in [-0.3, -0.25) is 9.28 Å². The van der Waals surface area contributed by atoms with Crippen molar-refractivity contribution >= 4 is 12.0 Å². The fourth-order valence-electron chi connectivity index (χ4n) is 2.04. The Balaban J connectivity index is 2.46. The number of quaternary nitrogens is 1. The maximum absolute atomic E-state index is 10.8. The van der Waals surface area contributed by atoms with Gasteiger partial charge in [-0.1, -0.05) is 12.1 Å². The first-order chi connectivity index (χ1) is 7.52. The molecule has 86 valence electrons. The Labute approximate surface area is 96.2 Å². The molecule has 1 atom stereocenters. The molecule has 0 amide bonds. The van der Waals surface area contributed by atoms with Crippen LogP contribution < -0.4 is 9.22 Å². The minimum Gasteiger partial charge on any atom is -0.476 e. The van der Waals surface area contributed by atoms with Gasteiger partial charge in [0.05, 0.1) is 21.1 Å². The van der Waals surface area contributed by atoms with Crippen LogP contribution in [0.15, 0.2) is 18.2 Å². The molecule has 0 bridgehead atoms. The minimum atomic E-state index is -0.278. The van der Waals surface area contributed by atoms with E-state index in [2.05, 4.69) is 39.3 Å². The van der Waals surface area contributed by atoms with Crippen LogP contribution in [0.25, 0.3) is 0 Å². The highest BCUT2D eigenvalue weighted by Gasteiger charge is 2.27. The number of hydrogen-bond donors (Lipinski definition) is 0. The number of aryl methyl sites for hydroxylation is 1. The van der Waals surface area contributed by atoms with Crippen molar-refractivity contribution in [2.45, 2.75) is 18.9 Å². The van der Waals surface area contributed by atoms with E-state index < -0.39 is 0 Å². The van der Waals surface area contributed by atoms with E-state index in [1.807, 2.05) is 0 Å². The average Bonchev–Trinajstić information content (AvgIpc) is 2.26. The Morgan fingerprint density at radius 1 is 1.38 bits per heavy atom. The van der Waals surface area contributed by atoms with Crippen LogP contribution in [-0.4, -0.2) is 33.5 Å². The second kappa shape index (κ2) is 3.91. The van der Waals surface area contributed by atoms with Gasteiger partial charge < -0.3 is 4.74 Å². The molecule has 0 aliphatic carbocycles. The molecule has 1 aromatic carbocycles.